The fourth-order valence-electron chi connectivity index (χ4n) is 4.25. The Morgan fingerprint density at radius 1 is 1.07 bits per heavy atom. The summed E-state index contributed by atoms with van der Waals surface area (Å²) in [5.74, 6) is 0.156. The molecule has 5 nitrogen and oxygen atoms in total. The lowest BCUT2D eigenvalue weighted by Gasteiger charge is -2.29. The lowest BCUT2D eigenvalue weighted by Crippen LogP contribution is -2.39. The van der Waals surface area contributed by atoms with Crippen molar-refractivity contribution in [3.05, 3.63) is 69.7 Å². The van der Waals surface area contributed by atoms with Crippen LogP contribution in [0.15, 0.2) is 42.5 Å². The number of amides is 3. The van der Waals surface area contributed by atoms with Gasteiger partial charge in [-0.15, -0.1) is 0 Å². The van der Waals surface area contributed by atoms with Gasteiger partial charge in [-0.05, 0) is 60.1 Å². The first kappa shape index (κ1) is 19.8. The first-order valence-electron chi connectivity index (χ1n) is 10.3. The Morgan fingerprint density at radius 3 is 2.76 bits per heavy atom. The van der Waals surface area contributed by atoms with E-state index in [9.17, 15) is 9.59 Å². The number of fused-ring (bicyclic) bond motifs is 2. The van der Waals surface area contributed by atoms with Crippen LogP contribution in [-0.4, -0.2) is 29.9 Å². The first-order chi connectivity index (χ1) is 14.1. The van der Waals surface area contributed by atoms with Crippen molar-refractivity contribution in [1.82, 2.24) is 15.5 Å². The fourth-order valence-corrected chi connectivity index (χ4v) is 4.45. The summed E-state index contributed by atoms with van der Waals surface area (Å²) >= 11 is 6.04. The quantitative estimate of drug-likeness (QED) is 0.731. The van der Waals surface area contributed by atoms with Crippen LogP contribution in [0, 0.1) is 0 Å². The van der Waals surface area contributed by atoms with Gasteiger partial charge in [0.15, 0.2) is 0 Å². The Morgan fingerprint density at radius 2 is 1.90 bits per heavy atom. The van der Waals surface area contributed by atoms with E-state index in [-0.39, 0.29) is 18.0 Å². The van der Waals surface area contributed by atoms with Gasteiger partial charge in [0.05, 0.1) is 6.04 Å². The van der Waals surface area contributed by atoms with Crippen molar-refractivity contribution in [1.29, 1.82) is 0 Å². The van der Waals surface area contributed by atoms with Crippen molar-refractivity contribution >= 4 is 23.5 Å². The molecule has 0 fully saturated rings. The van der Waals surface area contributed by atoms with Crippen LogP contribution in [0.4, 0.5) is 4.79 Å². The molecule has 6 heteroatoms. The van der Waals surface area contributed by atoms with Crippen LogP contribution in [0.25, 0.3) is 0 Å². The van der Waals surface area contributed by atoms with E-state index in [4.69, 9.17) is 11.6 Å². The molecule has 2 N–H and O–H groups in total. The minimum absolute atomic E-state index is 0.0253. The first-order valence-corrected chi connectivity index (χ1v) is 10.7. The molecule has 0 spiro atoms. The van der Waals surface area contributed by atoms with Crippen molar-refractivity contribution in [2.24, 2.45) is 0 Å². The smallest absolute Gasteiger partial charge is 0.315 e. The highest BCUT2D eigenvalue weighted by Gasteiger charge is 2.24. The van der Waals surface area contributed by atoms with Crippen LogP contribution in [0.1, 0.15) is 47.6 Å². The summed E-state index contributed by atoms with van der Waals surface area (Å²) in [6, 6.07) is 14.0. The third-order valence-corrected chi connectivity index (χ3v) is 6.06. The second-order valence-electron chi connectivity index (χ2n) is 7.77. The summed E-state index contributed by atoms with van der Waals surface area (Å²) in [5, 5.41) is 6.64. The fraction of sp³-hybridized carbons (Fsp3) is 0.391. The van der Waals surface area contributed by atoms with E-state index < -0.39 is 0 Å². The van der Waals surface area contributed by atoms with Crippen LogP contribution < -0.4 is 10.6 Å². The minimum Gasteiger partial charge on any atom is -0.338 e. The molecule has 1 aliphatic carbocycles. The van der Waals surface area contributed by atoms with E-state index in [0.29, 0.717) is 25.9 Å². The maximum Gasteiger partial charge on any atom is 0.315 e. The zero-order valence-electron chi connectivity index (χ0n) is 16.4. The molecular weight excluding hydrogens is 386 g/mol. The van der Waals surface area contributed by atoms with E-state index in [2.05, 4.69) is 22.8 Å². The molecule has 0 bridgehead atoms. The number of aryl methyl sites for hydroxylation is 1. The van der Waals surface area contributed by atoms with Gasteiger partial charge in [-0.1, -0.05) is 41.9 Å². The highest BCUT2D eigenvalue weighted by atomic mass is 35.5. The largest absolute Gasteiger partial charge is 0.338 e. The molecule has 2 aromatic rings. The normalized spacial score (nSPS) is 17.4. The van der Waals surface area contributed by atoms with Gasteiger partial charge in [0.25, 0.3) is 0 Å². The summed E-state index contributed by atoms with van der Waals surface area (Å²) in [4.78, 5) is 26.6. The molecular formula is C23H26ClN3O2. The molecule has 0 saturated carbocycles. The van der Waals surface area contributed by atoms with Gasteiger partial charge in [0.2, 0.25) is 5.91 Å². The van der Waals surface area contributed by atoms with Gasteiger partial charge >= 0.3 is 6.03 Å². The molecule has 0 aromatic heterocycles. The number of rotatable bonds is 5. The number of hydrogen-bond acceptors (Lipinski definition) is 2. The van der Waals surface area contributed by atoms with Gasteiger partial charge in [-0.25, -0.2) is 4.79 Å². The number of halogens is 1. The van der Waals surface area contributed by atoms with Crippen molar-refractivity contribution in [3.63, 3.8) is 0 Å². The molecule has 29 heavy (non-hydrogen) atoms. The minimum atomic E-state index is -0.183. The predicted molar refractivity (Wildman–Crippen MR) is 114 cm³/mol. The van der Waals surface area contributed by atoms with E-state index >= 15 is 0 Å². The van der Waals surface area contributed by atoms with Gasteiger partial charge in [0, 0.05) is 31.1 Å². The Kier molecular flexibility index (Phi) is 6.05. The van der Waals surface area contributed by atoms with Crippen molar-refractivity contribution in [3.8, 4) is 0 Å². The molecule has 2 aliphatic rings. The van der Waals surface area contributed by atoms with Crippen molar-refractivity contribution < 1.29 is 9.59 Å². The number of carbonyl (C=O) groups excluding carboxylic acids is 2. The Balaban J connectivity index is 1.18. The molecule has 4 rings (SSSR count). The van der Waals surface area contributed by atoms with Crippen LogP contribution in [0.2, 0.25) is 5.02 Å². The average molecular weight is 412 g/mol. The summed E-state index contributed by atoms with van der Waals surface area (Å²) in [5.41, 5.74) is 4.93. The lowest BCUT2D eigenvalue weighted by molar-refractivity contribution is -0.132. The van der Waals surface area contributed by atoms with E-state index in [1.807, 2.05) is 35.2 Å². The maximum absolute atomic E-state index is 12.5. The second-order valence-corrected chi connectivity index (χ2v) is 8.21. The topological polar surface area (TPSA) is 61.4 Å². The zero-order valence-corrected chi connectivity index (χ0v) is 17.2. The molecule has 1 aliphatic heterocycles. The SMILES string of the molecule is O=C(NCCCC(=O)N1CCc2ccccc2C1)NC1CCc2cc(Cl)ccc21. The average Bonchev–Trinajstić information content (AvgIpc) is 3.12. The Hall–Kier alpha value is -2.53. The van der Waals surface area contributed by atoms with Gasteiger partial charge in [0.1, 0.15) is 0 Å². The van der Waals surface area contributed by atoms with Gasteiger partial charge < -0.3 is 15.5 Å². The highest BCUT2D eigenvalue weighted by molar-refractivity contribution is 6.30. The van der Waals surface area contributed by atoms with Crippen molar-refractivity contribution in [2.75, 3.05) is 13.1 Å². The third-order valence-electron chi connectivity index (χ3n) is 5.82. The number of hydrogen-bond donors (Lipinski definition) is 2. The highest BCUT2D eigenvalue weighted by Crippen LogP contribution is 2.32. The summed E-state index contributed by atoms with van der Waals surface area (Å²) in [6.07, 6.45) is 3.82. The molecule has 3 amide bonds. The van der Waals surface area contributed by atoms with Gasteiger partial charge in [-0.2, -0.15) is 0 Å². The number of nitrogens with one attached hydrogen (secondary N) is 2. The molecule has 0 radical (unpaired) electrons. The maximum atomic E-state index is 12.5. The second kappa shape index (κ2) is 8.87. The molecule has 2 aromatic carbocycles. The summed E-state index contributed by atoms with van der Waals surface area (Å²) in [6.45, 7) is 1.95. The number of carbonyl (C=O) groups is 2. The van der Waals surface area contributed by atoms with Gasteiger partial charge in [-0.3, -0.25) is 4.79 Å². The van der Waals surface area contributed by atoms with Crippen LogP contribution in [-0.2, 0) is 24.2 Å². The van der Waals surface area contributed by atoms with Crippen LogP contribution >= 0.6 is 11.6 Å². The summed E-state index contributed by atoms with van der Waals surface area (Å²) in [7, 11) is 0. The number of nitrogens with zero attached hydrogens (tertiary/aromatic N) is 1. The lowest BCUT2D eigenvalue weighted by atomic mass is 9.99. The Bertz CT molecular complexity index is 915. The zero-order chi connectivity index (χ0) is 20.2. The monoisotopic (exact) mass is 411 g/mol. The number of urea groups is 1. The van der Waals surface area contributed by atoms with E-state index in [1.165, 1.54) is 16.7 Å². The summed E-state index contributed by atoms with van der Waals surface area (Å²) < 4.78 is 0. The molecule has 1 unspecified atom stereocenters. The van der Waals surface area contributed by atoms with E-state index in [0.717, 1.165) is 36.4 Å². The van der Waals surface area contributed by atoms with E-state index in [1.54, 1.807) is 0 Å². The predicted octanol–water partition coefficient (Wildman–Crippen LogP) is 3.99. The molecule has 152 valence electrons. The molecule has 0 saturated heterocycles. The third kappa shape index (κ3) is 4.73. The number of benzene rings is 2. The van der Waals surface area contributed by atoms with Crippen LogP contribution in [0.5, 0.6) is 0 Å². The van der Waals surface area contributed by atoms with Crippen molar-refractivity contribution in [2.45, 2.75) is 44.7 Å². The Labute approximate surface area is 176 Å². The molecule has 1 atom stereocenters. The van der Waals surface area contributed by atoms with Crippen LogP contribution in [0.3, 0.4) is 0 Å². The molecule has 1 heterocycles. The standard InChI is InChI=1S/C23H26ClN3O2/c24-19-8-9-20-17(14-19)7-10-21(20)26-23(29)25-12-3-6-22(28)27-13-11-16-4-1-2-5-18(16)15-27/h1-2,4-5,8-9,14,21H,3,6-7,10-13,15H2,(H2,25,26,29).